The lowest BCUT2D eigenvalue weighted by Crippen LogP contribution is -2.27. The summed E-state index contributed by atoms with van der Waals surface area (Å²) >= 11 is 0. The van der Waals surface area contributed by atoms with Crippen molar-refractivity contribution in [2.45, 2.75) is 39.7 Å². The summed E-state index contributed by atoms with van der Waals surface area (Å²) in [5, 5.41) is 0. The van der Waals surface area contributed by atoms with Gasteiger partial charge in [-0.2, -0.15) is 0 Å². The Bertz CT molecular complexity index is 68.0. The average molecular weight is 160 g/mol. The highest BCUT2D eigenvalue weighted by Crippen LogP contribution is 2.02. The van der Waals surface area contributed by atoms with Crippen LogP contribution in [0.2, 0.25) is 0 Å². The van der Waals surface area contributed by atoms with Gasteiger partial charge in [0.05, 0.1) is 25.9 Å². The average Bonchev–Trinajstić information content (AvgIpc) is 2.08. The van der Waals surface area contributed by atoms with Crippen molar-refractivity contribution in [1.29, 1.82) is 0 Å². The highest BCUT2D eigenvalue weighted by atomic mass is 16.6. The Morgan fingerprint density at radius 2 is 1.82 bits per heavy atom. The van der Waals surface area contributed by atoms with E-state index in [1.165, 1.54) is 6.42 Å². The van der Waals surface area contributed by atoms with Gasteiger partial charge in [-0.15, -0.1) is 0 Å². The van der Waals surface area contributed by atoms with E-state index in [9.17, 15) is 0 Å². The fraction of sp³-hybridized carbons (Fsp3) is 1.00. The molecule has 1 heterocycles. The Morgan fingerprint density at radius 1 is 1.18 bits per heavy atom. The molecule has 0 amide bonds. The molecular formula is C9H20O2. The van der Waals surface area contributed by atoms with Crippen molar-refractivity contribution in [1.82, 2.24) is 0 Å². The molecule has 0 spiro atoms. The minimum absolute atomic E-state index is 0.365. The lowest BCUT2D eigenvalue weighted by atomic mass is 10.3. The predicted molar refractivity (Wildman–Crippen MR) is 46.8 cm³/mol. The molecule has 0 bridgehead atoms. The second-order valence-corrected chi connectivity index (χ2v) is 2.68. The van der Waals surface area contributed by atoms with Gasteiger partial charge in [0.25, 0.3) is 0 Å². The standard InChI is InChI=1S/C6H12O2.C3H8/c1-2-6-5-7-3-4-8-6;1-3-2/h6H,2-5H2,1H3;3H2,1-2H3. The molecule has 0 N–H and O–H groups in total. The van der Waals surface area contributed by atoms with Gasteiger partial charge < -0.3 is 9.47 Å². The first-order valence-electron chi connectivity index (χ1n) is 4.54. The number of rotatable bonds is 1. The van der Waals surface area contributed by atoms with E-state index in [0.717, 1.165) is 26.2 Å². The summed E-state index contributed by atoms with van der Waals surface area (Å²) in [7, 11) is 0. The molecule has 0 aliphatic carbocycles. The second kappa shape index (κ2) is 8.02. The topological polar surface area (TPSA) is 18.5 Å². The molecule has 1 fully saturated rings. The van der Waals surface area contributed by atoms with Crippen molar-refractivity contribution in [3.05, 3.63) is 0 Å². The minimum Gasteiger partial charge on any atom is -0.376 e. The Morgan fingerprint density at radius 3 is 2.09 bits per heavy atom. The van der Waals surface area contributed by atoms with Crippen LogP contribution >= 0.6 is 0 Å². The molecule has 2 heteroatoms. The molecule has 1 atom stereocenters. The molecule has 1 aliphatic heterocycles. The highest BCUT2D eigenvalue weighted by molar-refractivity contribution is 4.56. The molecule has 0 aromatic carbocycles. The van der Waals surface area contributed by atoms with E-state index in [1.54, 1.807) is 0 Å². The van der Waals surface area contributed by atoms with Gasteiger partial charge in [0.1, 0.15) is 0 Å². The van der Waals surface area contributed by atoms with E-state index < -0.39 is 0 Å². The largest absolute Gasteiger partial charge is 0.376 e. The maximum atomic E-state index is 5.30. The first-order chi connectivity index (χ1) is 5.35. The monoisotopic (exact) mass is 160 g/mol. The lowest BCUT2D eigenvalue weighted by molar-refractivity contribution is -0.0887. The lowest BCUT2D eigenvalue weighted by Gasteiger charge is -2.20. The van der Waals surface area contributed by atoms with E-state index in [2.05, 4.69) is 20.8 Å². The van der Waals surface area contributed by atoms with Crippen LogP contribution in [0.5, 0.6) is 0 Å². The number of ether oxygens (including phenoxy) is 2. The van der Waals surface area contributed by atoms with E-state index >= 15 is 0 Å². The van der Waals surface area contributed by atoms with Crippen LogP contribution in [0.15, 0.2) is 0 Å². The van der Waals surface area contributed by atoms with Crippen LogP contribution in [0.4, 0.5) is 0 Å². The van der Waals surface area contributed by atoms with Gasteiger partial charge >= 0.3 is 0 Å². The Hall–Kier alpha value is -0.0800. The molecule has 11 heavy (non-hydrogen) atoms. The summed E-state index contributed by atoms with van der Waals surface area (Å²) in [6, 6.07) is 0. The second-order valence-electron chi connectivity index (χ2n) is 2.68. The van der Waals surface area contributed by atoms with Crippen molar-refractivity contribution in [2.75, 3.05) is 19.8 Å². The van der Waals surface area contributed by atoms with Crippen LogP contribution in [-0.4, -0.2) is 25.9 Å². The van der Waals surface area contributed by atoms with Crippen molar-refractivity contribution in [3.8, 4) is 0 Å². The number of hydrogen-bond acceptors (Lipinski definition) is 2. The molecule has 2 nitrogen and oxygen atoms in total. The first kappa shape index (κ1) is 10.9. The van der Waals surface area contributed by atoms with Crippen molar-refractivity contribution < 1.29 is 9.47 Å². The zero-order chi connectivity index (χ0) is 8.53. The van der Waals surface area contributed by atoms with Gasteiger partial charge in [0.15, 0.2) is 0 Å². The zero-order valence-electron chi connectivity index (χ0n) is 7.93. The quantitative estimate of drug-likeness (QED) is 0.585. The summed E-state index contributed by atoms with van der Waals surface area (Å²) in [5.74, 6) is 0. The van der Waals surface area contributed by atoms with Gasteiger partial charge in [-0.3, -0.25) is 0 Å². The summed E-state index contributed by atoms with van der Waals surface area (Å²) in [6.07, 6.45) is 2.68. The van der Waals surface area contributed by atoms with Crippen LogP contribution in [0.3, 0.4) is 0 Å². The molecule has 1 saturated heterocycles. The summed E-state index contributed by atoms with van der Waals surface area (Å²) < 4.78 is 10.5. The molecule has 0 radical (unpaired) electrons. The van der Waals surface area contributed by atoms with Crippen LogP contribution in [-0.2, 0) is 9.47 Å². The van der Waals surface area contributed by atoms with Crippen molar-refractivity contribution in [2.24, 2.45) is 0 Å². The third-order valence-electron chi connectivity index (χ3n) is 1.34. The van der Waals surface area contributed by atoms with Crippen LogP contribution in [0.1, 0.15) is 33.6 Å². The third-order valence-corrected chi connectivity index (χ3v) is 1.34. The SMILES string of the molecule is CCC.CCC1COCCO1. The number of hydrogen-bond donors (Lipinski definition) is 0. The van der Waals surface area contributed by atoms with Crippen LogP contribution in [0, 0.1) is 0 Å². The van der Waals surface area contributed by atoms with Gasteiger partial charge in [0.2, 0.25) is 0 Å². The fourth-order valence-corrected chi connectivity index (χ4v) is 0.772. The molecule has 0 aromatic rings. The van der Waals surface area contributed by atoms with Crippen molar-refractivity contribution >= 4 is 0 Å². The Balaban J connectivity index is 0.000000292. The predicted octanol–water partition coefficient (Wildman–Crippen LogP) is 2.23. The van der Waals surface area contributed by atoms with Gasteiger partial charge in [-0.25, -0.2) is 0 Å². The van der Waals surface area contributed by atoms with E-state index in [4.69, 9.17) is 9.47 Å². The van der Waals surface area contributed by atoms with E-state index in [0.29, 0.717) is 6.10 Å². The van der Waals surface area contributed by atoms with E-state index in [1.807, 2.05) is 0 Å². The van der Waals surface area contributed by atoms with Gasteiger partial charge in [0, 0.05) is 0 Å². The molecule has 1 rings (SSSR count). The smallest absolute Gasteiger partial charge is 0.0807 e. The van der Waals surface area contributed by atoms with Crippen LogP contribution < -0.4 is 0 Å². The highest BCUT2D eigenvalue weighted by Gasteiger charge is 2.10. The van der Waals surface area contributed by atoms with E-state index in [-0.39, 0.29) is 0 Å². The molecule has 1 unspecified atom stereocenters. The Labute approximate surface area is 69.9 Å². The minimum atomic E-state index is 0.365. The molecular weight excluding hydrogens is 140 g/mol. The summed E-state index contributed by atoms with van der Waals surface area (Å²) in [5.41, 5.74) is 0. The zero-order valence-corrected chi connectivity index (χ0v) is 7.93. The summed E-state index contributed by atoms with van der Waals surface area (Å²) in [6.45, 7) is 8.70. The first-order valence-corrected chi connectivity index (χ1v) is 4.54. The van der Waals surface area contributed by atoms with Gasteiger partial charge in [-0.1, -0.05) is 27.2 Å². The van der Waals surface area contributed by atoms with Crippen LogP contribution in [0.25, 0.3) is 0 Å². The normalized spacial score (nSPS) is 23.7. The third kappa shape index (κ3) is 6.32. The molecule has 68 valence electrons. The molecule has 0 saturated carbocycles. The fourth-order valence-electron chi connectivity index (χ4n) is 0.772. The Kier molecular flexibility index (Phi) is 7.96. The molecule has 1 aliphatic rings. The maximum absolute atomic E-state index is 5.30. The van der Waals surface area contributed by atoms with Crippen molar-refractivity contribution in [3.63, 3.8) is 0 Å². The molecule has 0 aromatic heterocycles. The van der Waals surface area contributed by atoms with Gasteiger partial charge in [-0.05, 0) is 6.42 Å². The summed E-state index contributed by atoms with van der Waals surface area (Å²) in [4.78, 5) is 0. The maximum Gasteiger partial charge on any atom is 0.0807 e.